The molecule has 0 fully saturated rings. The SMILES string of the molecule is CC(O)(C(=O)O)S(=O)O.[NaH].[NaH]. The number of rotatable bonds is 2. The zero-order valence-electron chi connectivity index (χ0n) is 4.57. The van der Waals surface area contributed by atoms with Crippen molar-refractivity contribution in [3.8, 4) is 0 Å². The normalized spacial score (nSPS) is 16.6. The van der Waals surface area contributed by atoms with Crippen molar-refractivity contribution in [2.75, 3.05) is 0 Å². The number of carboxylic acids is 1. The summed E-state index contributed by atoms with van der Waals surface area (Å²) >= 11 is -2.75. The summed E-state index contributed by atoms with van der Waals surface area (Å²) in [7, 11) is 0. The molecule has 0 amide bonds. The molecule has 3 N–H and O–H groups in total. The van der Waals surface area contributed by atoms with E-state index in [-0.39, 0.29) is 59.1 Å². The monoisotopic (exact) mass is 202 g/mol. The fourth-order valence-electron chi connectivity index (χ4n) is 0.0747. The maximum atomic E-state index is 9.94. The number of carbonyl (C=O) groups is 1. The van der Waals surface area contributed by atoms with Gasteiger partial charge in [0, 0.05) is 0 Å². The van der Waals surface area contributed by atoms with E-state index in [2.05, 4.69) is 0 Å². The summed E-state index contributed by atoms with van der Waals surface area (Å²) in [6, 6.07) is 0. The van der Waals surface area contributed by atoms with Crippen molar-refractivity contribution in [2.24, 2.45) is 0 Å². The van der Waals surface area contributed by atoms with Gasteiger partial charge in [-0.3, -0.25) is 0 Å². The molecule has 0 aromatic heterocycles. The molecule has 2 unspecified atom stereocenters. The topological polar surface area (TPSA) is 94.8 Å². The van der Waals surface area contributed by atoms with Crippen LogP contribution in [0.2, 0.25) is 0 Å². The average Bonchev–Trinajstić information content (AvgIpc) is 1.65. The van der Waals surface area contributed by atoms with Crippen LogP contribution < -0.4 is 0 Å². The van der Waals surface area contributed by atoms with Gasteiger partial charge in [-0.2, -0.15) is 0 Å². The van der Waals surface area contributed by atoms with Gasteiger partial charge >= 0.3 is 65.1 Å². The van der Waals surface area contributed by atoms with E-state index >= 15 is 0 Å². The van der Waals surface area contributed by atoms with Gasteiger partial charge in [0.25, 0.3) is 4.93 Å². The molecule has 0 aromatic carbocycles. The summed E-state index contributed by atoms with van der Waals surface area (Å²) in [4.78, 5) is 7.30. The van der Waals surface area contributed by atoms with E-state index in [0.717, 1.165) is 6.92 Å². The second-order valence-electron chi connectivity index (χ2n) is 1.54. The van der Waals surface area contributed by atoms with Gasteiger partial charge in [0.05, 0.1) is 0 Å². The van der Waals surface area contributed by atoms with Gasteiger partial charge in [-0.05, 0) is 6.92 Å². The summed E-state index contributed by atoms with van der Waals surface area (Å²) in [5, 5.41) is 16.5. The van der Waals surface area contributed by atoms with Crippen LogP contribution in [0, 0.1) is 0 Å². The van der Waals surface area contributed by atoms with E-state index in [1.165, 1.54) is 0 Å². The molecule has 58 valence electrons. The van der Waals surface area contributed by atoms with Gasteiger partial charge in [0.1, 0.15) is 0 Å². The Morgan fingerprint density at radius 2 is 1.73 bits per heavy atom. The van der Waals surface area contributed by atoms with Crippen LogP contribution in [0.15, 0.2) is 0 Å². The van der Waals surface area contributed by atoms with Gasteiger partial charge < -0.3 is 14.8 Å². The number of hydrogen-bond donors (Lipinski definition) is 3. The Bertz CT molecular complexity index is 142. The molecule has 0 saturated heterocycles. The molecule has 0 bridgehead atoms. The van der Waals surface area contributed by atoms with Crippen LogP contribution in [0.4, 0.5) is 0 Å². The molecular weight excluding hydrogens is 194 g/mol. The first kappa shape index (κ1) is 18.3. The Hall–Kier alpha value is 1.54. The molecule has 11 heavy (non-hydrogen) atoms. The zero-order valence-corrected chi connectivity index (χ0v) is 5.38. The second kappa shape index (κ2) is 6.99. The quantitative estimate of drug-likeness (QED) is 0.346. The fourth-order valence-corrected chi connectivity index (χ4v) is 0.224. The van der Waals surface area contributed by atoms with Crippen molar-refractivity contribution < 1.29 is 23.8 Å². The van der Waals surface area contributed by atoms with Gasteiger partial charge in [0.2, 0.25) is 0 Å². The van der Waals surface area contributed by atoms with E-state index in [1.54, 1.807) is 0 Å². The Kier molecular flexibility index (Phi) is 11.7. The molecule has 0 aliphatic rings. The summed E-state index contributed by atoms with van der Waals surface area (Å²) in [5.41, 5.74) is 0. The van der Waals surface area contributed by atoms with Crippen LogP contribution in [-0.2, 0) is 15.9 Å². The molecule has 0 aliphatic heterocycles. The molecule has 0 spiro atoms. The standard InChI is InChI=1S/C3H6O5S.2Na.2H/c1-3(6,2(4)5)9(7)8;;;;/h6H,1H3,(H,4,5)(H,7,8);;;;. The fraction of sp³-hybridized carbons (Fsp3) is 0.667. The van der Waals surface area contributed by atoms with E-state index in [9.17, 15) is 9.00 Å². The van der Waals surface area contributed by atoms with E-state index in [4.69, 9.17) is 14.8 Å². The molecule has 0 aliphatic carbocycles. The molecule has 5 nitrogen and oxygen atoms in total. The number of aliphatic hydroxyl groups is 1. The van der Waals surface area contributed by atoms with Gasteiger partial charge in [-0.1, -0.05) is 0 Å². The average molecular weight is 202 g/mol. The predicted octanol–water partition coefficient (Wildman–Crippen LogP) is -2.30. The number of hydrogen-bond acceptors (Lipinski definition) is 3. The van der Waals surface area contributed by atoms with Crippen molar-refractivity contribution in [1.29, 1.82) is 0 Å². The summed E-state index contributed by atoms with van der Waals surface area (Å²) in [6.45, 7) is 0.742. The number of carboxylic acid groups (broad SMARTS) is 1. The molecule has 0 heterocycles. The van der Waals surface area contributed by atoms with Crippen LogP contribution in [0.25, 0.3) is 0 Å². The summed E-state index contributed by atoms with van der Waals surface area (Å²) < 4.78 is 18.0. The van der Waals surface area contributed by atoms with Gasteiger partial charge in [-0.25, -0.2) is 9.00 Å². The molecule has 0 rings (SSSR count). The molecule has 0 saturated carbocycles. The molecule has 8 heteroatoms. The first-order chi connectivity index (χ1) is 3.89. The van der Waals surface area contributed by atoms with Crippen molar-refractivity contribution in [3.05, 3.63) is 0 Å². The van der Waals surface area contributed by atoms with E-state index in [1.807, 2.05) is 0 Å². The predicted molar refractivity (Wildman–Crippen MR) is 43.3 cm³/mol. The van der Waals surface area contributed by atoms with Crippen LogP contribution >= 0.6 is 0 Å². The molecule has 0 aromatic rings. The van der Waals surface area contributed by atoms with Crippen molar-refractivity contribution in [2.45, 2.75) is 11.9 Å². The van der Waals surface area contributed by atoms with Crippen LogP contribution in [0.1, 0.15) is 6.92 Å². The minimum atomic E-state index is -2.75. The van der Waals surface area contributed by atoms with Crippen LogP contribution in [0.5, 0.6) is 0 Å². The molecule has 0 radical (unpaired) electrons. The van der Waals surface area contributed by atoms with Gasteiger partial charge in [-0.15, -0.1) is 0 Å². The maximum absolute atomic E-state index is 9.94. The molecule has 2 atom stereocenters. The Balaban J connectivity index is -0.000000320. The Labute approximate surface area is 110 Å². The Morgan fingerprint density at radius 3 is 1.73 bits per heavy atom. The third-order valence-electron chi connectivity index (χ3n) is 0.737. The molecular formula is C3H8Na2O5S. The summed E-state index contributed by atoms with van der Waals surface area (Å²) in [5.74, 6) is -1.72. The van der Waals surface area contributed by atoms with E-state index in [0.29, 0.717) is 0 Å². The summed E-state index contributed by atoms with van der Waals surface area (Å²) in [6.07, 6.45) is 0. The van der Waals surface area contributed by atoms with E-state index < -0.39 is 22.0 Å². The van der Waals surface area contributed by atoms with Crippen LogP contribution in [-0.4, -0.2) is 89.0 Å². The Morgan fingerprint density at radius 1 is 1.45 bits per heavy atom. The van der Waals surface area contributed by atoms with Crippen molar-refractivity contribution in [3.63, 3.8) is 0 Å². The minimum absolute atomic E-state index is 0. The zero-order chi connectivity index (χ0) is 7.65. The van der Waals surface area contributed by atoms with Gasteiger partial charge in [0.15, 0.2) is 11.1 Å². The first-order valence-electron chi connectivity index (χ1n) is 1.95. The second-order valence-corrected chi connectivity index (χ2v) is 2.83. The van der Waals surface area contributed by atoms with Crippen molar-refractivity contribution in [1.82, 2.24) is 0 Å². The van der Waals surface area contributed by atoms with Crippen LogP contribution in [0.3, 0.4) is 0 Å². The first-order valence-corrected chi connectivity index (χ1v) is 3.06. The number of aliphatic carboxylic acids is 1. The van der Waals surface area contributed by atoms with Crippen molar-refractivity contribution >= 4 is 76.2 Å². The third kappa shape index (κ3) is 5.73. The third-order valence-corrected chi connectivity index (χ3v) is 1.59.